The average Bonchev–Trinajstić information content (AvgIpc) is 3.11. The van der Waals surface area contributed by atoms with Gasteiger partial charge in [-0.3, -0.25) is 4.79 Å². The van der Waals surface area contributed by atoms with Crippen LogP contribution in [0.25, 0.3) is 32.6 Å². The maximum atomic E-state index is 12.8. The summed E-state index contributed by atoms with van der Waals surface area (Å²) in [5.41, 5.74) is 2.31. The molecule has 28 heavy (non-hydrogen) atoms. The fourth-order valence-electron chi connectivity index (χ4n) is 3.98. The Bertz CT molecular complexity index is 1350. The second-order valence-corrected chi connectivity index (χ2v) is 8.13. The molecule has 0 saturated heterocycles. The zero-order valence-corrected chi connectivity index (χ0v) is 16.0. The Morgan fingerprint density at radius 2 is 1.96 bits per heavy atom. The van der Waals surface area contributed by atoms with Crippen molar-refractivity contribution in [3.05, 3.63) is 74.6 Å². The number of benzene rings is 2. The summed E-state index contributed by atoms with van der Waals surface area (Å²) >= 11 is 1.60. The van der Waals surface area contributed by atoms with Gasteiger partial charge in [0.05, 0.1) is 11.0 Å². The summed E-state index contributed by atoms with van der Waals surface area (Å²) in [7, 11) is 0. The molecule has 4 aromatic rings. The molecule has 0 unspecified atom stereocenters. The lowest BCUT2D eigenvalue weighted by molar-refractivity contribution is 0.700. The van der Waals surface area contributed by atoms with Gasteiger partial charge < -0.3 is 4.98 Å². The Morgan fingerprint density at radius 3 is 2.86 bits per heavy atom. The number of aryl methyl sites for hydroxylation is 2. The van der Waals surface area contributed by atoms with E-state index in [9.17, 15) is 10.1 Å². The number of rotatable bonds is 2. The first-order chi connectivity index (χ1) is 13.7. The van der Waals surface area contributed by atoms with Crippen LogP contribution in [0.2, 0.25) is 0 Å². The van der Waals surface area contributed by atoms with Crippen molar-refractivity contribution in [1.82, 2.24) is 9.97 Å². The third-order valence-electron chi connectivity index (χ3n) is 5.32. The lowest BCUT2D eigenvalue weighted by Gasteiger charge is -2.09. The Morgan fingerprint density at radius 1 is 1.14 bits per heavy atom. The Labute approximate surface area is 165 Å². The van der Waals surface area contributed by atoms with E-state index in [0.717, 1.165) is 52.4 Å². The zero-order valence-electron chi connectivity index (χ0n) is 15.2. The molecular formula is C23H17N3OS. The van der Waals surface area contributed by atoms with Gasteiger partial charge in [0.1, 0.15) is 10.9 Å². The number of nitrogens with zero attached hydrogens (tertiary/aromatic N) is 2. The highest BCUT2D eigenvalue weighted by Crippen LogP contribution is 2.34. The molecule has 0 saturated carbocycles. The van der Waals surface area contributed by atoms with Gasteiger partial charge in [-0.25, -0.2) is 4.98 Å². The molecule has 0 amide bonds. The van der Waals surface area contributed by atoms with Gasteiger partial charge >= 0.3 is 0 Å². The quantitative estimate of drug-likeness (QED) is 0.491. The second kappa shape index (κ2) is 6.74. The van der Waals surface area contributed by atoms with E-state index < -0.39 is 0 Å². The smallest absolute Gasteiger partial charge is 0.260 e. The predicted octanol–water partition coefficient (Wildman–Crippen LogP) is 5.08. The molecule has 0 spiro atoms. The number of hydrogen-bond acceptors (Lipinski definition) is 4. The normalized spacial score (nSPS) is 14.2. The molecule has 4 nitrogen and oxygen atoms in total. The highest BCUT2D eigenvalue weighted by Gasteiger charge is 2.20. The lowest BCUT2D eigenvalue weighted by atomic mass is 9.97. The number of allylic oxidation sites excluding steroid dienone is 1. The molecule has 1 aliphatic rings. The van der Waals surface area contributed by atoms with Crippen LogP contribution in [0.3, 0.4) is 0 Å². The van der Waals surface area contributed by atoms with E-state index in [2.05, 4.69) is 16.0 Å². The molecular weight excluding hydrogens is 366 g/mol. The van der Waals surface area contributed by atoms with Crippen LogP contribution in [0.1, 0.15) is 34.7 Å². The van der Waals surface area contributed by atoms with Gasteiger partial charge in [-0.1, -0.05) is 42.5 Å². The highest BCUT2D eigenvalue weighted by molar-refractivity contribution is 7.18. The molecule has 0 atom stereocenters. The number of aromatic amines is 1. The monoisotopic (exact) mass is 383 g/mol. The number of nitrogens with one attached hydrogen (secondary N) is 1. The molecule has 2 aromatic carbocycles. The van der Waals surface area contributed by atoms with E-state index in [-0.39, 0.29) is 5.56 Å². The fourth-order valence-corrected chi connectivity index (χ4v) is 5.24. The summed E-state index contributed by atoms with van der Waals surface area (Å²) in [5, 5.41) is 12.6. The van der Waals surface area contributed by atoms with Crippen LogP contribution in [-0.2, 0) is 12.8 Å². The summed E-state index contributed by atoms with van der Waals surface area (Å²) in [6.07, 6.45) is 6.04. The van der Waals surface area contributed by atoms with Crippen molar-refractivity contribution in [2.45, 2.75) is 25.7 Å². The summed E-state index contributed by atoms with van der Waals surface area (Å²) in [4.78, 5) is 22.3. The largest absolute Gasteiger partial charge is 0.305 e. The minimum atomic E-state index is -0.140. The van der Waals surface area contributed by atoms with Crippen molar-refractivity contribution in [3.8, 4) is 6.07 Å². The lowest BCUT2D eigenvalue weighted by Crippen LogP contribution is -2.12. The summed E-state index contributed by atoms with van der Waals surface area (Å²) in [6, 6.07) is 16.2. The summed E-state index contributed by atoms with van der Waals surface area (Å²) in [5.74, 6) is 0.339. The third kappa shape index (κ3) is 2.74. The number of hydrogen-bond donors (Lipinski definition) is 1. The number of H-pyrrole nitrogens is 1. The molecule has 0 radical (unpaired) electrons. The average molecular weight is 383 g/mol. The van der Waals surface area contributed by atoms with Gasteiger partial charge in [0.25, 0.3) is 5.56 Å². The van der Waals surface area contributed by atoms with Crippen molar-refractivity contribution < 1.29 is 0 Å². The number of thiophene rings is 1. The molecule has 5 rings (SSSR count). The molecule has 0 aliphatic heterocycles. The van der Waals surface area contributed by atoms with Gasteiger partial charge in [-0.2, -0.15) is 5.26 Å². The van der Waals surface area contributed by atoms with Gasteiger partial charge in [0.2, 0.25) is 0 Å². The third-order valence-corrected chi connectivity index (χ3v) is 6.51. The molecule has 136 valence electrons. The van der Waals surface area contributed by atoms with Gasteiger partial charge in [-0.15, -0.1) is 11.3 Å². The first-order valence-electron chi connectivity index (χ1n) is 9.39. The van der Waals surface area contributed by atoms with Crippen LogP contribution in [0, 0.1) is 11.3 Å². The van der Waals surface area contributed by atoms with Crippen LogP contribution in [0.4, 0.5) is 0 Å². The van der Waals surface area contributed by atoms with E-state index >= 15 is 0 Å². The molecule has 5 heteroatoms. The van der Waals surface area contributed by atoms with Gasteiger partial charge in [0, 0.05) is 4.88 Å². The van der Waals surface area contributed by atoms with E-state index in [1.165, 1.54) is 4.88 Å². The molecule has 2 heterocycles. The van der Waals surface area contributed by atoms with Crippen LogP contribution >= 0.6 is 11.3 Å². The van der Waals surface area contributed by atoms with E-state index in [0.29, 0.717) is 16.8 Å². The van der Waals surface area contributed by atoms with E-state index in [1.807, 2.05) is 42.5 Å². The van der Waals surface area contributed by atoms with Crippen molar-refractivity contribution in [1.29, 1.82) is 5.26 Å². The molecule has 1 aliphatic carbocycles. The van der Waals surface area contributed by atoms with Crippen molar-refractivity contribution in [2.24, 2.45) is 0 Å². The minimum absolute atomic E-state index is 0.140. The summed E-state index contributed by atoms with van der Waals surface area (Å²) < 4.78 is 0. The number of aromatic nitrogens is 2. The van der Waals surface area contributed by atoms with Gasteiger partial charge in [-0.05, 0) is 53.7 Å². The number of fused-ring (bicyclic) bond motifs is 4. The Kier molecular flexibility index (Phi) is 4.07. The second-order valence-electron chi connectivity index (χ2n) is 7.04. The summed E-state index contributed by atoms with van der Waals surface area (Å²) in [6.45, 7) is 0. The molecule has 2 aromatic heterocycles. The van der Waals surface area contributed by atoms with Crippen LogP contribution < -0.4 is 5.56 Å². The van der Waals surface area contributed by atoms with Crippen LogP contribution in [0.5, 0.6) is 0 Å². The number of nitriles is 1. The standard InChI is InChI=1S/C23H17N3OS/c24-13-16(12-15-8-5-7-14-6-1-2-9-17(14)15)21-25-22(27)20-18-10-3-4-11-19(18)28-23(20)26-21/h1-2,5-9,12H,3-4,10-11H2,(H,25,26,27)/b16-12+. The first kappa shape index (κ1) is 16.9. The maximum Gasteiger partial charge on any atom is 0.260 e. The highest BCUT2D eigenvalue weighted by atomic mass is 32.1. The molecule has 1 N–H and O–H groups in total. The molecule has 0 bridgehead atoms. The fraction of sp³-hybridized carbons (Fsp3) is 0.174. The van der Waals surface area contributed by atoms with Crippen molar-refractivity contribution >= 4 is 44.0 Å². The van der Waals surface area contributed by atoms with Crippen LogP contribution in [-0.4, -0.2) is 9.97 Å². The van der Waals surface area contributed by atoms with Crippen LogP contribution in [0.15, 0.2) is 47.3 Å². The Hall–Kier alpha value is -3.23. The Balaban J connectivity index is 1.68. The minimum Gasteiger partial charge on any atom is -0.305 e. The molecule has 0 fully saturated rings. The van der Waals surface area contributed by atoms with Crippen molar-refractivity contribution in [3.63, 3.8) is 0 Å². The van der Waals surface area contributed by atoms with E-state index in [4.69, 9.17) is 0 Å². The SMILES string of the molecule is N#C/C(=C\c1cccc2ccccc12)c1nc2sc3c(c2c(=O)[nH]1)CCCC3. The predicted molar refractivity (Wildman–Crippen MR) is 114 cm³/mol. The topological polar surface area (TPSA) is 69.5 Å². The van der Waals surface area contributed by atoms with Crippen molar-refractivity contribution in [2.75, 3.05) is 0 Å². The maximum absolute atomic E-state index is 12.8. The first-order valence-corrected chi connectivity index (χ1v) is 10.2. The van der Waals surface area contributed by atoms with Gasteiger partial charge in [0.15, 0.2) is 5.82 Å². The zero-order chi connectivity index (χ0) is 19.1. The van der Waals surface area contributed by atoms with E-state index in [1.54, 1.807) is 17.4 Å².